The fourth-order valence-corrected chi connectivity index (χ4v) is 7.23. The second kappa shape index (κ2) is 15.8. The maximum Gasteiger partial charge on any atom is 0.264 e. The molecule has 0 heterocycles. The third-order valence-corrected chi connectivity index (χ3v) is 10.3. The molecule has 242 valence electrons. The molecule has 4 aromatic rings. The fraction of sp³-hybridized carbons (Fsp3) is 0.278. The van der Waals surface area contributed by atoms with Crippen LogP contribution in [0.4, 0.5) is 5.69 Å². The third-order valence-electron chi connectivity index (χ3n) is 7.83. The number of aryl methyl sites for hydroxylation is 2. The molecule has 2 amide bonds. The lowest BCUT2D eigenvalue weighted by Crippen LogP contribution is -2.54. The lowest BCUT2D eigenvalue weighted by atomic mass is 10.0. The van der Waals surface area contributed by atoms with E-state index >= 15 is 0 Å². The minimum atomic E-state index is -4.21. The quantitative estimate of drug-likeness (QED) is 0.155. The molecule has 0 aromatic heterocycles. The van der Waals surface area contributed by atoms with Gasteiger partial charge in [0.05, 0.1) is 10.6 Å². The van der Waals surface area contributed by atoms with Gasteiger partial charge in [0.2, 0.25) is 11.8 Å². The molecular weight excluding hydrogens is 686 g/mol. The highest BCUT2D eigenvalue weighted by molar-refractivity contribution is 9.10. The standard InChI is InChI=1S/C36H39BrClN3O4S/c1-5-27(4)39-36(43)34(22-28-10-7-6-8-11-28)40(23-29-12-9-13-30(37)21-29)35(42)24-41(33-19-16-31(38)20-26(33)3)46(44,45)32-17-14-25(2)15-18-32/h6-21,27,34H,5,22-24H2,1-4H3,(H,39,43)/t27-,34+/m1/s1. The number of hydrogen-bond donors (Lipinski definition) is 1. The highest BCUT2D eigenvalue weighted by atomic mass is 79.9. The van der Waals surface area contributed by atoms with E-state index in [0.29, 0.717) is 22.7 Å². The van der Waals surface area contributed by atoms with Crippen LogP contribution in [0.2, 0.25) is 5.02 Å². The first-order valence-corrected chi connectivity index (χ1v) is 17.7. The smallest absolute Gasteiger partial charge is 0.264 e. The van der Waals surface area contributed by atoms with E-state index in [1.807, 2.05) is 75.4 Å². The number of sulfonamides is 1. The van der Waals surface area contributed by atoms with E-state index in [1.165, 1.54) is 17.0 Å². The summed E-state index contributed by atoms with van der Waals surface area (Å²) in [6.07, 6.45) is 0.954. The van der Waals surface area contributed by atoms with Gasteiger partial charge in [-0.3, -0.25) is 13.9 Å². The molecule has 0 bridgehead atoms. The predicted octanol–water partition coefficient (Wildman–Crippen LogP) is 7.47. The Balaban J connectivity index is 1.83. The van der Waals surface area contributed by atoms with Crippen molar-refractivity contribution in [2.75, 3.05) is 10.8 Å². The highest BCUT2D eigenvalue weighted by Gasteiger charge is 2.35. The Bertz CT molecular complexity index is 1770. The lowest BCUT2D eigenvalue weighted by molar-refractivity contribution is -0.140. The molecular formula is C36H39BrClN3O4S. The van der Waals surface area contributed by atoms with Gasteiger partial charge >= 0.3 is 0 Å². The van der Waals surface area contributed by atoms with Gasteiger partial charge in [-0.1, -0.05) is 94.6 Å². The number of benzene rings is 4. The molecule has 0 spiro atoms. The predicted molar refractivity (Wildman–Crippen MR) is 188 cm³/mol. The second-order valence-corrected chi connectivity index (χ2v) is 14.6. The number of nitrogens with one attached hydrogen (secondary N) is 1. The van der Waals surface area contributed by atoms with Gasteiger partial charge in [-0.15, -0.1) is 0 Å². The van der Waals surface area contributed by atoms with Crippen molar-refractivity contribution in [2.24, 2.45) is 0 Å². The summed E-state index contributed by atoms with van der Waals surface area (Å²) in [5.41, 5.74) is 3.47. The molecule has 0 aliphatic heterocycles. The first-order chi connectivity index (χ1) is 21.9. The largest absolute Gasteiger partial charge is 0.352 e. The second-order valence-electron chi connectivity index (χ2n) is 11.4. The molecule has 0 unspecified atom stereocenters. The van der Waals surface area contributed by atoms with E-state index in [9.17, 15) is 18.0 Å². The zero-order chi connectivity index (χ0) is 33.4. The summed E-state index contributed by atoms with van der Waals surface area (Å²) in [6, 6.07) is 27.3. The summed E-state index contributed by atoms with van der Waals surface area (Å²) in [5, 5.41) is 3.50. The van der Waals surface area contributed by atoms with Crippen LogP contribution in [0.25, 0.3) is 0 Å². The maximum atomic E-state index is 14.6. The SMILES string of the molecule is CC[C@@H](C)NC(=O)[C@H](Cc1ccccc1)N(Cc1cccc(Br)c1)C(=O)CN(c1ccc(Cl)cc1C)S(=O)(=O)c1ccc(C)cc1. The van der Waals surface area contributed by atoms with E-state index < -0.39 is 28.5 Å². The van der Waals surface area contributed by atoms with Crippen LogP contribution in [0, 0.1) is 13.8 Å². The van der Waals surface area contributed by atoms with Gasteiger partial charge in [-0.2, -0.15) is 0 Å². The molecule has 1 N–H and O–H groups in total. The number of carbonyl (C=O) groups excluding carboxylic acids is 2. The molecule has 4 aromatic carbocycles. The van der Waals surface area contributed by atoms with Crippen LogP contribution in [0.15, 0.2) is 106 Å². The number of hydrogen-bond acceptors (Lipinski definition) is 4. The van der Waals surface area contributed by atoms with E-state index in [4.69, 9.17) is 11.6 Å². The Kier molecular flexibility index (Phi) is 12.1. The molecule has 0 fully saturated rings. The zero-order valence-electron chi connectivity index (χ0n) is 26.4. The van der Waals surface area contributed by atoms with E-state index in [2.05, 4.69) is 21.2 Å². The monoisotopic (exact) mass is 723 g/mol. The zero-order valence-corrected chi connectivity index (χ0v) is 29.6. The van der Waals surface area contributed by atoms with Crippen molar-refractivity contribution < 1.29 is 18.0 Å². The number of rotatable bonds is 13. The normalized spacial score (nSPS) is 12.7. The van der Waals surface area contributed by atoms with Crippen LogP contribution in [0.3, 0.4) is 0 Å². The summed E-state index contributed by atoms with van der Waals surface area (Å²) >= 11 is 9.76. The minimum Gasteiger partial charge on any atom is -0.352 e. The van der Waals surface area contributed by atoms with E-state index in [-0.39, 0.29) is 29.8 Å². The fourth-order valence-electron chi connectivity index (χ4n) is 5.08. The molecule has 0 radical (unpaired) electrons. The van der Waals surface area contributed by atoms with Crippen LogP contribution in [0.5, 0.6) is 0 Å². The van der Waals surface area contributed by atoms with Gasteiger partial charge in [0.25, 0.3) is 10.0 Å². The summed E-state index contributed by atoms with van der Waals surface area (Å²) < 4.78 is 30.5. The number of anilines is 1. The first-order valence-electron chi connectivity index (χ1n) is 15.1. The molecule has 7 nitrogen and oxygen atoms in total. The van der Waals surface area contributed by atoms with Crippen molar-refractivity contribution in [3.63, 3.8) is 0 Å². The van der Waals surface area contributed by atoms with Crippen LogP contribution < -0.4 is 9.62 Å². The van der Waals surface area contributed by atoms with Crippen LogP contribution in [-0.4, -0.2) is 43.8 Å². The Morgan fingerprint density at radius 3 is 2.20 bits per heavy atom. The van der Waals surface area contributed by atoms with Crippen molar-refractivity contribution in [1.82, 2.24) is 10.2 Å². The maximum absolute atomic E-state index is 14.6. The Labute approximate surface area is 285 Å². The number of carbonyl (C=O) groups is 2. The average molecular weight is 725 g/mol. The lowest BCUT2D eigenvalue weighted by Gasteiger charge is -2.34. The van der Waals surface area contributed by atoms with Crippen molar-refractivity contribution in [2.45, 2.75) is 64.1 Å². The first kappa shape index (κ1) is 35.2. The Morgan fingerprint density at radius 1 is 0.891 bits per heavy atom. The highest BCUT2D eigenvalue weighted by Crippen LogP contribution is 2.30. The van der Waals surface area contributed by atoms with Gasteiger partial charge < -0.3 is 10.2 Å². The van der Waals surface area contributed by atoms with Gasteiger partial charge in [0, 0.05) is 28.5 Å². The van der Waals surface area contributed by atoms with Crippen LogP contribution in [0.1, 0.15) is 42.5 Å². The van der Waals surface area contributed by atoms with E-state index in [0.717, 1.165) is 25.5 Å². The van der Waals surface area contributed by atoms with Gasteiger partial charge in [0.1, 0.15) is 12.6 Å². The summed E-state index contributed by atoms with van der Waals surface area (Å²) in [7, 11) is -4.21. The molecule has 0 saturated carbocycles. The number of halogens is 2. The van der Waals surface area contributed by atoms with Crippen LogP contribution >= 0.6 is 27.5 Å². The van der Waals surface area contributed by atoms with Crippen LogP contribution in [-0.2, 0) is 32.6 Å². The molecule has 0 saturated heterocycles. The summed E-state index contributed by atoms with van der Waals surface area (Å²) in [4.78, 5) is 30.1. The Morgan fingerprint density at radius 2 is 1.57 bits per heavy atom. The summed E-state index contributed by atoms with van der Waals surface area (Å²) in [6.45, 7) is 7.07. The molecule has 2 atom stereocenters. The van der Waals surface area contributed by atoms with E-state index in [1.54, 1.807) is 37.3 Å². The topological polar surface area (TPSA) is 86.8 Å². The molecule has 10 heteroatoms. The van der Waals surface area contributed by atoms with Crippen molar-refractivity contribution in [1.29, 1.82) is 0 Å². The average Bonchev–Trinajstić information content (AvgIpc) is 3.02. The molecule has 0 aliphatic rings. The molecule has 0 aliphatic carbocycles. The minimum absolute atomic E-state index is 0.0501. The number of nitrogens with zero attached hydrogens (tertiary/aromatic N) is 2. The van der Waals surface area contributed by atoms with Crippen molar-refractivity contribution in [3.05, 3.63) is 129 Å². The van der Waals surface area contributed by atoms with Gasteiger partial charge in [-0.25, -0.2) is 8.42 Å². The third kappa shape index (κ3) is 8.99. The number of amides is 2. The van der Waals surface area contributed by atoms with Crippen molar-refractivity contribution in [3.8, 4) is 0 Å². The molecule has 46 heavy (non-hydrogen) atoms. The van der Waals surface area contributed by atoms with Gasteiger partial charge in [0.15, 0.2) is 0 Å². The van der Waals surface area contributed by atoms with Gasteiger partial charge in [-0.05, 0) is 86.3 Å². The Hall–Kier alpha value is -3.66. The van der Waals surface area contributed by atoms with Crippen molar-refractivity contribution >= 4 is 55.1 Å². The molecule has 4 rings (SSSR count). The summed E-state index contributed by atoms with van der Waals surface area (Å²) in [5.74, 6) is -0.831.